The summed E-state index contributed by atoms with van der Waals surface area (Å²) in [7, 11) is 0. The molecule has 0 saturated heterocycles. The number of benzene rings is 1. The Kier molecular flexibility index (Phi) is 3.87. The minimum Gasteiger partial charge on any atom is -0.368 e. The molecule has 0 amide bonds. The standard InChI is InChI=1S/C15H16N4S/c1-2-7-17-15-12-6-4-3-5-11(12)13(18-19-15)10-14-16-8-9-20-14/h3-6,8-9H,2,7,10H2,1H3,(H,17,19). The van der Waals surface area contributed by atoms with E-state index in [1.807, 2.05) is 23.7 Å². The second kappa shape index (κ2) is 5.96. The minimum absolute atomic E-state index is 0.735. The van der Waals surface area contributed by atoms with E-state index in [1.54, 1.807) is 11.3 Å². The molecular weight excluding hydrogens is 268 g/mol. The van der Waals surface area contributed by atoms with Gasteiger partial charge in [-0.15, -0.1) is 16.4 Å². The zero-order chi connectivity index (χ0) is 13.8. The fraction of sp³-hybridized carbons (Fsp3) is 0.267. The van der Waals surface area contributed by atoms with Crippen LogP contribution in [0.5, 0.6) is 0 Å². The van der Waals surface area contributed by atoms with Gasteiger partial charge in [0.1, 0.15) is 0 Å². The second-order valence-corrected chi connectivity index (χ2v) is 5.55. The molecule has 0 radical (unpaired) electrons. The van der Waals surface area contributed by atoms with Crippen molar-refractivity contribution in [2.75, 3.05) is 11.9 Å². The molecule has 1 N–H and O–H groups in total. The van der Waals surface area contributed by atoms with Gasteiger partial charge in [0.05, 0.1) is 10.7 Å². The van der Waals surface area contributed by atoms with E-state index >= 15 is 0 Å². The van der Waals surface area contributed by atoms with Crippen LogP contribution in [0, 0.1) is 0 Å². The molecular formula is C15H16N4S. The van der Waals surface area contributed by atoms with E-state index in [0.29, 0.717) is 0 Å². The first-order valence-electron chi connectivity index (χ1n) is 6.75. The van der Waals surface area contributed by atoms with Crippen LogP contribution in [0.1, 0.15) is 24.0 Å². The van der Waals surface area contributed by atoms with Crippen LogP contribution in [0.25, 0.3) is 10.8 Å². The molecule has 1 aromatic carbocycles. The number of rotatable bonds is 5. The first-order chi connectivity index (χ1) is 9.88. The maximum absolute atomic E-state index is 4.39. The van der Waals surface area contributed by atoms with E-state index < -0.39 is 0 Å². The van der Waals surface area contributed by atoms with Crippen molar-refractivity contribution in [1.82, 2.24) is 15.2 Å². The highest BCUT2D eigenvalue weighted by Gasteiger charge is 2.10. The van der Waals surface area contributed by atoms with Crippen LogP contribution in [0.15, 0.2) is 35.8 Å². The van der Waals surface area contributed by atoms with E-state index in [2.05, 4.69) is 39.6 Å². The highest BCUT2D eigenvalue weighted by molar-refractivity contribution is 7.09. The van der Waals surface area contributed by atoms with Crippen molar-refractivity contribution in [2.24, 2.45) is 0 Å². The van der Waals surface area contributed by atoms with Gasteiger partial charge < -0.3 is 5.32 Å². The summed E-state index contributed by atoms with van der Waals surface area (Å²) in [6.07, 6.45) is 3.63. The van der Waals surface area contributed by atoms with Gasteiger partial charge in [0.15, 0.2) is 5.82 Å². The van der Waals surface area contributed by atoms with Gasteiger partial charge in [-0.05, 0) is 6.42 Å². The average molecular weight is 284 g/mol. The van der Waals surface area contributed by atoms with E-state index in [1.165, 1.54) is 0 Å². The molecule has 0 aliphatic rings. The quantitative estimate of drug-likeness (QED) is 0.779. The number of hydrogen-bond donors (Lipinski definition) is 1. The maximum Gasteiger partial charge on any atom is 0.156 e. The number of hydrogen-bond acceptors (Lipinski definition) is 5. The molecule has 20 heavy (non-hydrogen) atoms. The molecule has 3 rings (SSSR count). The monoisotopic (exact) mass is 284 g/mol. The van der Waals surface area contributed by atoms with Crippen LogP contribution in [-0.2, 0) is 6.42 Å². The fourth-order valence-corrected chi connectivity index (χ4v) is 2.77. The van der Waals surface area contributed by atoms with Gasteiger partial charge in [0.2, 0.25) is 0 Å². The molecule has 0 aliphatic carbocycles. The first-order valence-corrected chi connectivity index (χ1v) is 7.63. The summed E-state index contributed by atoms with van der Waals surface area (Å²) in [5.74, 6) is 0.866. The van der Waals surface area contributed by atoms with E-state index in [-0.39, 0.29) is 0 Å². The third-order valence-corrected chi connectivity index (χ3v) is 3.89. The summed E-state index contributed by atoms with van der Waals surface area (Å²) in [5, 5.41) is 17.4. The van der Waals surface area contributed by atoms with Crippen LogP contribution in [0.3, 0.4) is 0 Å². The number of aromatic nitrogens is 3. The van der Waals surface area contributed by atoms with Gasteiger partial charge in [-0.2, -0.15) is 5.10 Å². The maximum atomic E-state index is 4.39. The Morgan fingerprint density at radius 2 is 2.00 bits per heavy atom. The lowest BCUT2D eigenvalue weighted by Gasteiger charge is -2.09. The summed E-state index contributed by atoms with van der Waals surface area (Å²) in [6, 6.07) is 8.27. The molecule has 3 aromatic rings. The van der Waals surface area contributed by atoms with Gasteiger partial charge in [-0.25, -0.2) is 4.98 Å². The predicted octanol–water partition coefficient (Wildman–Crippen LogP) is 3.50. The third kappa shape index (κ3) is 2.63. The van der Waals surface area contributed by atoms with Crippen LogP contribution in [0.2, 0.25) is 0 Å². The number of nitrogens with zero attached hydrogens (tertiary/aromatic N) is 3. The number of fused-ring (bicyclic) bond motifs is 1. The average Bonchev–Trinajstić information content (AvgIpc) is 2.99. The summed E-state index contributed by atoms with van der Waals surface area (Å²) in [4.78, 5) is 4.33. The third-order valence-electron chi connectivity index (χ3n) is 3.11. The summed E-state index contributed by atoms with van der Waals surface area (Å²) in [5.41, 5.74) is 0.984. The van der Waals surface area contributed by atoms with Gasteiger partial charge in [-0.1, -0.05) is 31.2 Å². The zero-order valence-electron chi connectivity index (χ0n) is 11.3. The van der Waals surface area contributed by atoms with Crippen molar-refractivity contribution in [2.45, 2.75) is 19.8 Å². The van der Waals surface area contributed by atoms with Crippen molar-refractivity contribution in [1.29, 1.82) is 0 Å². The normalized spacial score (nSPS) is 10.8. The minimum atomic E-state index is 0.735. The van der Waals surface area contributed by atoms with Gasteiger partial charge in [-0.3, -0.25) is 0 Å². The lowest BCUT2D eigenvalue weighted by Crippen LogP contribution is -2.06. The Balaban J connectivity index is 2.01. The predicted molar refractivity (Wildman–Crippen MR) is 83.2 cm³/mol. The highest BCUT2D eigenvalue weighted by atomic mass is 32.1. The second-order valence-electron chi connectivity index (χ2n) is 4.57. The Morgan fingerprint density at radius 3 is 2.75 bits per heavy atom. The number of anilines is 1. The molecule has 0 saturated carbocycles. The Hall–Kier alpha value is -2.01. The van der Waals surface area contributed by atoms with Crippen molar-refractivity contribution < 1.29 is 0 Å². The molecule has 0 spiro atoms. The summed E-state index contributed by atoms with van der Waals surface area (Å²) in [6.45, 7) is 3.05. The molecule has 2 heterocycles. The molecule has 102 valence electrons. The van der Waals surface area contributed by atoms with Crippen molar-refractivity contribution in [3.8, 4) is 0 Å². The largest absolute Gasteiger partial charge is 0.368 e. The number of thiazole rings is 1. The molecule has 0 atom stereocenters. The molecule has 2 aromatic heterocycles. The highest BCUT2D eigenvalue weighted by Crippen LogP contribution is 2.24. The summed E-state index contributed by atoms with van der Waals surface area (Å²) >= 11 is 1.65. The van der Waals surface area contributed by atoms with Gasteiger partial charge >= 0.3 is 0 Å². The van der Waals surface area contributed by atoms with Crippen molar-refractivity contribution in [3.05, 3.63) is 46.5 Å². The van der Waals surface area contributed by atoms with E-state index in [9.17, 15) is 0 Å². The zero-order valence-corrected chi connectivity index (χ0v) is 12.2. The molecule has 4 nitrogen and oxygen atoms in total. The fourth-order valence-electron chi connectivity index (χ4n) is 2.15. The lowest BCUT2D eigenvalue weighted by molar-refractivity contribution is 0.922. The molecule has 0 fully saturated rings. The smallest absolute Gasteiger partial charge is 0.156 e. The Bertz CT molecular complexity index is 694. The Labute approximate surface area is 121 Å². The van der Waals surface area contributed by atoms with Gasteiger partial charge in [0.25, 0.3) is 0 Å². The topological polar surface area (TPSA) is 50.7 Å². The number of nitrogens with one attached hydrogen (secondary N) is 1. The van der Waals surface area contributed by atoms with Crippen LogP contribution >= 0.6 is 11.3 Å². The SMILES string of the molecule is CCCNc1nnc(Cc2nccs2)c2ccccc12. The van der Waals surface area contributed by atoms with Gasteiger partial charge in [0, 0.05) is 35.3 Å². The van der Waals surface area contributed by atoms with Crippen molar-refractivity contribution >= 4 is 27.9 Å². The van der Waals surface area contributed by atoms with Crippen molar-refractivity contribution in [3.63, 3.8) is 0 Å². The van der Waals surface area contributed by atoms with Crippen LogP contribution in [0.4, 0.5) is 5.82 Å². The van der Waals surface area contributed by atoms with E-state index in [0.717, 1.165) is 46.7 Å². The molecule has 5 heteroatoms. The Morgan fingerprint density at radius 1 is 1.15 bits per heavy atom. The lowest BCUT2D eigenvalue weighted by atomic mass is 10.1. The molecule has 0 bridgehead atoms. The molecule has 0 unspecified atom stereocenters. The first kappa shape index (κ1) is 13.0. The van der Waals surface area contributed by atoms with Crippen LogP contribution in [-0.4, -0.2) is 21.7 Å². The molecule has 0 aliphatic heterocycles. The summed E-state index contributed by atoms with van der Waals surface area (Å²) < 4.78 is 0. The van der Waals surface area contributed by atoms with E-state index in [4.69, 9.17) is 0 Å². The van der Waals surface area contributed by atoms with Crippen LogP contribution < -0.4 is 5.32 Å².